The van der Waals surface area contributed by atoms with E-state index in [0.29, 0.717) is 5.92 Å². The highest BCUT2D eigenvalue weighted by atomic mass is 16.1. The monoisotopic (exact) mass is 194 g/mol. The van der Waals surface area contributed by atoms with E-state index >= 15 is 0 Å². The quantitative estimate of drug-likeness (QED) is 0.794. The summed E-state index contributed by atoms with van der Waals surface area (Å²) in [6, 6.07) is 3.43. The molecule has 0 atom stereocenters. The zero-order valence-electron chi connectivity index (χ0n) is 9.08. The number of pyridine rings is 1. The first kappa shape index (κ1) is 10.8. The number of aryl methyl sites for hydroxylation is 1. The number of aromatic nitrogens is 1. The third kappa shape index (κ3) is 2.91. The van der Waals surface area contributed by atoms with E-state index in [9.17, 15) is 4.79 Å². The number of anilines is 1. The standard InChI is InChI=1S/C11H18N2O/c1-4-13-8-10(5-6-11(13)14)12-7-9(2)3/h5-6,8-9,12H,4,7H2,1-3H3. The Bertz CT molecular complexity index is 341. The molecule has 3 nitrogen and oxygen atoms in total. The second-order valence-corrected chi connectivity index (χ2v) is 3.82. The third-order valence-electron chi connectivity index (χ3n) is 2.04. The van der Waals surface area contributed by atoms with Crippen LogP contribution in [0.3, 0.4) is 0 Å². The van der Waals surface area contributed by atoms with Crippen LogP contribution in [0.25, 0.3) is 0 Å². The van der Waals surface area contributed by atoms with Gasteiger partial charge < -0.3 is 9.88 Å². The van der Waals surface area contributed by atoms with Crippen LogP contribution in [0.4, 0.5) is 5.69 Å². The predicted molar refractivity (Wildman–Crippen MR) is 59.7 cm³/mol. The maximum Gasteiger partial charge on any atom is 0.250 e. The SMILES string of the molecule is CCn1cc(NCC(C)C)ccc1=O. The molecule has 1 aromatic heterocycles. The lowest BCUT2D eigenvalue weighted by Gasteiger charge is -2.10. The van der Waals surface area contributed by atoms with Gasteiger partial charge in [-0.3, -0.25) is 4.79 Å². The molecule has 1 heterocycles. The Kier molecular flexibility index (Phi) is 3.74. The van der Waals surface area contributed by atoms with E-state index in [1.54, 1.807) is 10.6 Å². The molecule has 1 aromatic rings. The molecular formula is C11H18N2O. The van der Waals surface area contributed by atoms with Gasteiger partial charge in [0, 0.05) is 25.4 Å². The lowest BCUT2D eigenvalue weighted by molar-refractivity contribution is 0.684. The molecule has 78 valence electrons. The summed E-state index contributed by atoms with van der Waals surface area (Å²) < 4.78 is 1.70. The first-order valence-electron chi connectivity index (χ1n) is 5.08. The predicted octanol–water partition coefficient (Wildman–Crippen LogP) is 1.94. The molecule has 0 unspecified atom stereocenters. The highest BCUT2D eigenvalue weighted by molar-refractivity contribution is 5.40. The lowest BCUT2D eigenvalue weighted by atomic mass is 10.2. The molecule has 0 spiro atoms. The van der Waals surface area contributed by atoms with Crippen molar-refractivity contribution in [1.82, 2.24) is 4.57 Å². The summed E-state index contributed by atoms with van der Waals surface area (Å²) in [6.07, 6.45) is 1.87. The van der Waals surface area contributed by atoms with Crippen LogP contribution in [-0.4, -0.2) is 11.1 Å². The fraction of sp³-hybridized carbons (Fsp3) is 0.545. The fourth-order valence-electron chi connectivity index (χ4n) is 1.21. The smallest absolute Gasteiger partial charge is 0.250 e. The van der Waals surface area contributed by atoms with Crippen molar-refractivity contribution >= 4 is 5.69 Å². The third-order valence-corrected chi connectivity index (χ3v) is 2.04. The molecule has 0 fully saturated rings. The Labute approximate surface area is 84.8 Å². The molecule has 0 saturated heterocycles. The van der Waals surface area contributed by atoms with Gasteiger partial charge >= 0.3 is 0 Å². The summed E-state index contributed by atoms with van der Waals surface area (Å²) in [5.41, 5.74) is 1.07. The molecule has 0 radical (unpaired) electrons. The van der Waals surface area contributed by atoms with Crippen LogP contribution < -0.4 is 10.9 Å². The van der Waals surface area contributed by atoms with Crippen molar-refractivity contribution in [3.63, 3.8) is 0 Å². The Hall–Kier alpha value is -1.25. The molecule has 0 bridgehead atoms. The summed E-state index contributed by atoms with van der Waals surface area (Å²) in [4.78, 5) is 11.3. The van der Waals surface area contributed by atoms with Gasteiger partial charge in [0.25, 0.3) is 5.56 Å². The molecule has 1 N–H and O–H groups in total. The van der Waals surface area contributed by atoms with Crippen molar-refractivity contribution in [1.29, 1.82) is 0 Å². The molecular weight excluding hydrogens is 176 g/mol. The molecule has 1 rings (SSSR count). The molecule has 0 aliphatic rings. The molecule has 14 heavy (non-hydrogen) atoms. The van der Waals surface area contributed by atoms with Crippen molar-refractivity contribution in [2.24, 2.45) is 5.92 Å². The van der Waals surface area contributed by atoms with Gasteiger partial charge in [-0.1, -0.05) is 13.8 Å². The normalized spacial score (nSPS) is 10.6. The number of hydrogen-bond donors (Lipinski definition) is 1. The van der Waals surface area contributed by atoms with E-state index < -0.39 is 0 Å². The van der Waals surface area contributed by atoms with E-state index in [-0.39, 0.29) is 5.56 Å². The first-order valence-corrected chi connectivity index (χ1v) is 5.08. The Morgan fingerprint density at radius 3 is 2.71 bits per heavy atom. The van der Waals surface area contributed by atoms with Gasteiger partial charge in [-0.15, -0.1) is 0 Å². The van der Waals surface area contributed by atoms with Crippen molar-refractivity contribution in [2.75, 3.05) is 11.9 Å². The second kappa shape index (κ2) is 4.84. The molecule has 0 aliphatic heterocycles. The van der Waals surface area contributed by atoms with Crippen molar-refractivity contribution in [3.8, 4) is 0 Å². The van der Waals surface area contributed by atoms with Gasteiger partial charge in [-0.05, 0) is 18.9 Å². The highest BCUT2D eigenvalue weighted by Crippen LogP contribution is 2.04. The van der Waals surface area contributed by atoms with Crippen LogP contribution >= 0.6 is 0 Å². The minimum atomic E-state index is 0.0580. The maximum absolute atomic E-state index is 11.3. The Morgan fingerprint density at radius 2 is 2.14 bits per heavy atom. The van der Waals surface area contributed by atoms with E-state index in [1.807, 2.05) is 19.2 Å². The number of hydrogen-bond acceptors (Lipinski definition) is 2. The van der Waals surface area contributed by atoms with Gasteiger partial charge in [0.1, 0.15) is 0 Å². The summed E-state index contributed by atoms with van der Waals surface area (Å²) in [7, 11) is 0. The molecule has 0 amide bonds. The fourth-order valence-corrected chi connectivity index (χ4v) is 1.21. The zero-order chi connectivity index (χ0) is 10.6. The van der Waals surface area contributed by atoms with Gasteiger partial charge in [-0.25, -0.2) is 0 Å². The van der Waals surface area contributed by atoms with E-state index in [0.717, 1.165) is 18.8 Å². The molecule has 0 saturated carbocycles. The molecule has 0 aromatic carbocycles. The Morgan fingerprint density at radius 1 is 1.43 bits per heavy atom. The lowest BCUT2D eigenvalue weighted by Crippen LogP contribution is -2.18. The van der Waals surface area contributed by atoms with E-state index in [4.69, 9.17) is 0 Å². The van der Waals surface area contributed by atoms with Crippen LogP contribution in [0.15, 0.2) is 23.1 Å². The van der Waals surface area contributed by atoms with Gasteiger partial charge in [0.15, 0.2) is 0 Å². The van der Waals surface area contributed by atoms with E-state index in [2.05, 4.69) is 19.2 Å². The molecule has 3 heteroatoms. The minimum absolute atomic E-state index is 0.0580. The second-order valence-electron chi connectivity index (χ2n) is 3.82. The first-order chi connectivity index (χ1) is 6.63. The largest absolute Gasteiger partial charge is 0.384 e. The highest BCUT2D eigenvalue weighted by Gasteiger charge is 1.97. The summed E-state index contributed by atoms with van der Waals surface area (Å²) in [5, 5.41) is 3.29. The number of rotatable bonds is 4. The van der Waals surface area contributed by atoms with Gasteiger partial charge in [0.2, 0.25) is 0 Å². The van der Waals surface area contributed by atoms with Crippen LogP contribution in [0.1, 0.15) is 20.8 Å². The van der Waals surface area contributed by atoms with Gasteiger partial charge in [0.05, 0.1) is 5.69 Å². The molecule has 0 aliphatic carbocycles. The maximum atomic E-state index is 11.3. The summed E-state index contributed by atoms with van der Waals surface area (Å²) in [6.45, 7) is 7.93. The number of nitrogens with zero attached hydrogens (tertiary/aromatic N) is 1. The number of nitrogens with one attached hydrogen (secondary N) is 1. The summed E-state index contributed by atoms with van der Waals surface area (Å²) >= 11 is 0. The topological polar surface area (TPSA) is 34.0 Å². The van der Waals surface area contributed by atoms with Gasteiger partial charge in [-0.2, -0.15) is 0 Å². The Balaban J connectivity index is 2.74. The van der Waals surface area contributed by atoms with Crippen LogP contribution in [0, 0.1) is 5.92 Å². The van der Waals surface area contributed by atoms with Crippen LogP contribution in [-0.2, 0) is 6.54 Å². The minimum Gasteiger partial charge on any atom is -0.384 e. The zero-order valence-corrected chi connectivity index (χ0v) is 9.08. The van der Waals surface area contributed by atoms with Crippen LogP contribution in [0.2, 0.25) is 0 Å². The van der Waals surface area contributed by atoms with Crippen molar-refractivity contribution in [2.45, 2.75) is 27.3 Å². The summed E-state index contributed by atoms with van der Waals surface area (Å²) in [5.74, 6) is 0.608. The average Bonchev–Trinajstić information content (AvgIpc) is 2.16. The van der Waals surface area contributed by atoms with E-state index in [1.165, 1.54) is 0 Å². The average molecular weight is 194 g/mol. The van der Waals surface area contributed by atoms with Crippen LogP contribution in [0.5, 0.6) is 0 Å². The van der Waals surface area contributed by atoms with Crippen molar-refractivity contribution in [3.05, 3.63) is 28.7 Å². The van der Waals surface area contributed by atoms with Crippen molar-refractivity contribution < 1.29 is 0 Å².